The molecule has 2 heterocycles. The van der Waals surface area contributed by atoms with E-state index < -0.39 is 6.10 Å². The predicted octanol–water partition coefficient (Wildman–Crippen LogP) is 4.84. The molecular weight excluding hydrogens is 362 g/mol. The number of carbonyl (C=O) groups excluding carboxylic acids is 1. The van der Waals surface area contributed by atoms with E-state index in [2.05, 4.69) is 28.2 Å². The highest BCUT2D eigenvalue weighted by Crippen LogP contribution is 2.60. The van der Waals surface area contributed by atoms with Crippen LogP contribution < -0.4 is 5.32 Å². The van der Waals surface area contributed by atoms with Crippen LogP contribution in [0.25, 0.3) is 10.4 Å². The van der Waals surface area contributed by atoms with Crippen LogP contribution >= 0.6 is 22.7 Å². The van der Waals surface area contributed by atoms with E-state index in [0.717, 1.165) is 41.9 Å². The zero-order valence-corrected chi connectivity index (χ0v) is 16.5. The Hall–Kier alpha value is -1.17. The van der Waals surface area contributed by atoms with E-state index >= 15 is 0 Å². The summed E-state index contributed by atoms with van der Waals surface area (Å²) in [4.78, 5) is 15.1. The molecule has 4 aliphatic carbocycles. The standard InChI is InChI=1S/C21H25NO2S2/c23-17(19-2-1-18(26-19)16-3-4-25-12-16)11-22-20(24)21-8-13-5-14(9-21)7-15(6-13)10-21/h1-4,12-15,17,23H,5-11H2,(H,22,24). The largest absolute Gasteiger partial charge is 0.386 e. The van der Waals surface area contributed by atoms with E-state index in [9.17, 15) is 9.90 Å². The fraction of sp³-hybridized carbons (Fsp3) is 0.571. The second-order valence-electron chi connectivity index (χ2n) is 8.64. The Labute approximate surface area is 162 Å². The number of hydrogen-bond donors (Lipinski definition) is 2. The van der Waals surface area contributed by atoms with Gasteiger partial charge in [0, 0.05) is 27.3 Å². The highest BCUT2D eigenvalue weighted by atomic mass is 32.1. The van der Waals surface area contributed by atoms with Crippen molar-refractivity contribution in [3.05, 3.63) is 33.8 Å². The Morgan fingerprint density at radius 2 is 1.85 bits per heavy atom. The van der Waals surface area contributed by atoms with Crippen LogP contribution in [0.1, 0.15) is 49.5 Å². The first kappa shape index (κ1) is 17.0. The van der Waals surface area contributed by atoms with Gasteiger partial charge in [-0.3, -0.25) is 4.79 Å². The number of nitrogens with one attached hydrogen (secondary N) is 1. The molecule has 0 radical (unpaired) electrons. The molecule has 1 atom stereocenters. The van der Waals surface area contributed by atoms with Crippen molar-refractivity contribution >= 4 is 28.6 Å². The van der Waals surface area contributed by atoms with E-state index in [4.69, 9.17) is 0 Å². The number of thiophene rings is 2. The number of aliphatic hydroxyl groups excluding tert-OH is 1. The van der Waals surface area contributed by atoms with Crippen LogP contribution in [0.2, 0.25) is 0 Å². The van der Waals surface area contributed by atoms with Gasteiger partial charge >= 0.3 is 0 Å². The van der Waals surface area contributed by atoms with Gasteiger partial charge in [0.05, 0.1) is 0 Å². The van der Waals surface area contributed by atoms with E-state index in [1.807, 2.05) is 6.07 Å². The molecule has 138 valence electrons. The van der Waals surface area contributed by atoms with Crippen LogP contribution in [-0.4, -0.2) is 17.6 Å². The van der Waals surface area contributed by atoms with Gasteiger partial charge in [-0.1, -0.05) is 0 Å². The molecule has 0 saturated heterocycles. The number of rotatable bonds is 5. The molecule has 4 aliphatic rings. The van der Waals surface area contributed by atoms with Gasteiger partial charge in [0.2, 0.25) is 5.91 Å². The fourth-order valence-electron chi connectivity index (χ4n) is 5.96. The maximum atomic E-state index is 13.0. The van der Waals surface area contributed by atoms with E-state index in [0.29, 0.717) is 6.54 Å². The predicted molar refractivity (Wildman–Crippen MR) is 106 cm³/mol. The molecule has 4 fully saturated rings. The molecule has 0 aliphatic heterocycles. The number of carbonyl (C=O) groups is 1. The van der Waals surface area contributed by atoms with Gasteiger partial charge in [-0.25, -0.2) is 0 Å². The second-order valence-corrected chi connectivity index (χ2v) is 10.5. The van der Waals surface area contributed by atoms with Gasteiger partial charge in [-0.15, -0.1) is 11.3 Å². The Bertz CT molecular complexity index is 760. The molecule has 2 N–H and O–H groups in total. The Morgan fingerprint density at radius 3 is 2.46 bits per heavy atom. The monoisotopic (exact) mass is 387 g/mol. The average Bonchev–Trinajstić information content (AvgIpc) is 3.29. The third-order valence-corrected chi connectivity index (χ3v) is 8.66. The molecule has 4 bridgehead atoms. The first-order valence-electron chi connectivity index (χ1n) is 9.70. The minimum absolute atomic E-state index is 0.133. The Kier molecular flexibility index (Phi) is 4.22. The summed E-state index contributed by atoms with van der Waals surface area (Å²) >= 11 is 3.30. The molecule has 1 amide bonds. The molecule has 2 aromatic rings. The highest BCUT2D eigenvalue weighted by Gasteiger charge is 2.54. The van der Waals surface area contributed by atoms with Crippen LogP contribution in [0.3, 0.4) is 0 Å². The summed E-state index contributed by atoms with van der Waals surface area (Å²) in [6.07, 6.45) is 6.62. The molecule has 5 heteroatoms. The lowest BCUT2D eigenvalue weighted by Gasteiger charge is -2.55. The molecule has 0 spiro atoms. The molecule has 26 heavy (non-hydrogen) atoms. The molecule has 0 aromatic carbocycles. The topological polar surface area (TPSA) is 49.3 Å². The normalized spacial score (nSPS) is 33.3. The van der Waals surface area contributed by atoms with Crippen molar-refractivity contribution in [2.45, 2.75) is 44.6 Å². The van der Waals surface area contributed by atoms with Gasteiger partial charge < -0.3 is 10.4 Å². The van der Waals surface area contributed by atoms with Gasteiger partial charge in [-0.05, 0) is 85.2 Å². The van der Waals surface area contributed by atoms with Crippen molar-refractivity contribution in [1.82, 2.24) is 5.32 Å². The van der Waals surface area contributed by atoms with Crippen LogP contribution in [0.5, 0.6) is 0 Å². The maximum absolute atomic E-state index is 13.0. The van der Waals surface area contributed by atoms with E-state index in [-0.39, 0.29) is 11.3 Å². The van der Waals surface area contributed by atoms with Crippen molar-refractivity contribution in [2.24, 2.45) is 23.2 Å². The zero-order chi connectivity index (χ0) is 17.7. The van der Waals surface area contributed by atoms with Gasteiger partial charge in [0.25, 0.3) is 0 Å². The minimum Gasteiger partial charge on any atom is -0.386 e. The van der Waals surface area contributed by atoms with Crippen molar-refractivity contribution in [3.63, 3.8) is 0 Å². The van der Waals surface area contributed by atoms with Crippen molar-refractivity contribution in [1.29, 1.82) is 0 Å². The van der Waals surface area contributed by atoms with Gasteiger partial charge in [-0.2, -0.15) is 11.3 Å². The second kappa shape index (κ2) is 6.47. The van der Waals surface area contributed by atoms with Crippen LogP contribution in [0.4, 0.5) is 0 Å². The fourth-order valence-corrected chi connectivity index (χ4v) is 7.68. The zero-order valence-electron chi connectivity index (χ0n) is 14.8. The molecule has 3 nitrogen and oxygen atoms in total. The van der Waals surface area contributed by atoms with E-state index in [1.165, 1.54) is 29.7 Å². The Balaban J connectivity index is 1.23. The van der Waals surface area contributed by atoms with Crippen LogP contribution in [0.15, 0.2) is 29.0 Å². The number of aliphatic hydroxyl groups is 1. The van der Waals surface area contributed by atoms with Gasteiger partial charge in [0.15, 0.2) is 0 Å². The number of hydrogen-bond acceptors (Lipinski definition) is 4. The summed E-state index contributed by atoms with van der Waals surface area (Å²) < 4.78 is 0. The molecule has 1 unspecified atom stereocenters. The third kappa shape index (κ3) is 2.94. The van der Waals surface area contributed by atoms with E-state index in [1.54, 1.807) is 22.7 Å². The lowest BCUT2D eigenvalue weighted by Crippen LogP contribution is -2.54. The number of amides is 1. The summed E-state index contributed by atoms with van der Waals surface area (Å²) in [5.41, 5.74) is 1.07. The Morgan fingerprint density at radius 1 is 1.15 bits per heavy atom. The maximum Gasteiger partial charge on any atom is 0.226 e. The summed E-state index contributed by atoms with van der Waals surface area (Å²) in [7, 11) is 0. The molecular formula is C21H25NO2S2. The quantitative estimate of drug-likeness (QED) is 0.771. The summed E-state index contributed by atoms with van der Waals surface area (Å²) in [6.45, 7) is 0.324. The summed E-state index contributed by atoms with van der Waals surface area (Å²) in [6, 6.07) is 6.15. The lowest BCUT2D eigenvalue weighted by atomic mass is 9.49. The highest BCUT2D eigenvalue weighted by molar-refractivity contribution is 7.16. The third-order valence-electron chi connectivity index (χ3n) is 6.74. The van der Waals surface area contributed by atoms with Crippen LogP contribution in [0, 0.1) is 23.2 Å². The first-order valence-corrected chi connectivity index (χ1v) is 11.5. The van der Waals surface area contributed by atoms with Gasteiger partial charge in [0.1, 0.15) is 6.10 Å². The lowest BCUT2D eigenvalue weighted by molar-refractivity contribution is -0.146. The molecule has 4 saturated carbocycles. The summed E-state index contributed by atoms with van der Waals surface area (Å²) in [5.74, 6) is 2.50. The molecule has 2 aromatic heterocycles. The van der Waals surface area contributed by atoms with Crippen LogP contribution in [-0.2, 0) is 4.79 Å². The summed E-state index contributed by atoms with van der Waals surface area (Å²) in [5, 5.41) is 17.9. The first-order chi connectivity index (χ1) is 12.6. The van der Waals surface area contributed by atoms with Crippen molar-refractivity contribution in [3.8, 4) is 10.4 Å². The minimum atomic E-state index is -0.620. The van der Waals surface area contributed by atoms with Crippen molar-refractivity contribution in [2.75, 3.05) is 6.54 Å². The smallest absolute Gasteiger partial charge is 0.226 e. The average molecular weight is 388 g/mol. The van der Waals surface area contributed by atoms with Crippen molar-refractivity contribution < 1.29 is 9.90 Å². The molecule has 6 rings (SSSR count). The SMILES string of the molecule is O=C(NCC(O)c1ccc(-c2ccsc2)s1)C12CC3CC(CC(C3)C1)C2.